The van der Waals surface area contributed by atoms with Gasteiger partial charge in [0.1, 0.15) is 6.61 Å². The van der Waals surface area contributed by atoms with Gasteiger partial charge in [0.2, 0.25) is 5.91 Å². The third-order valence-electron chi connectivity index (χ3n) is 3.97. The highest BCUT2D eigenvalue weighted by Crippen LogP contribution is 2.35. The molecule has 0 aliphatic carbocycles. The number of esters is 1. The highest BCUT2D eigenvalue weighted by atomic mass is 32.1. The fraction of sp³-hybridized carbons (Fsp3) is 0.353. The maximum Gasteiger partial charge on any atom is 0.314 e. The van der Waals surface area contributed by atoms with Crippen molar-refractivity contribution in [3.8, 4) is 0 Å². The van der Waals surface area contributed by atoms with Gasteiger partial charge in [-0.25, -0.2) is 4.98 Å². The predicted octanol–water partition coefficient (Wildman–Crippen LogP) is 2.90. The van der Waals surface area contributed by atoms with E-state index in [-0.39, 0.29) is 24.9 Å². The molecule has 0 unspecified atom stereocenters. The van der Waals surface area contributed by atoms with Gasteiger partial charge in [-0.15, -0.1) is 11.3 Å². The number of fused-ring (bicyclic) bond motifs is 1. The normalized spacial score (nSPS) is 17.0. The zero-order valence-corrected chi connectivity index (χ0v) is 13.9. The average molecular weight is 330 g/mol. The molecule has 1 aliphatic rings. The summed E-state index contributed by atoms with van der Waals surface area (Å²) in [5.41, 5.74) is 2.37. The van der Waals surface area contributed by atoms with Crippen LogP contribution in [0.15, 0.2) is 29.6 Å². The number of carbonyl (C=O) groups excluding carboxylic acids is 2. The summed E-state index contributed by atoms with van der Waals surface area (Å²) < 4.78 is 5.40. The molecule has 1 atom stereocenters. The molecule has 1 aromatic carbocycles. The minimum atomic E-state index is -0.542. The molecule has 23 heavy (non-hydrogen) atoms. The summed E-state index contributed by atoms with van der Waals surface area (Å²) in [6.07, 6.45) is 1.01. The van der Waals surface area contributed by atoms with E-state index in [1.54, 1.807) is 23.3 Å². The first-order valence-corrected chi connectivity index (χ1v) is 8.43. The van der Waals surface area contributed by atoms with Gasteiger partial charge in [-0.3, -0.25) is 9.59 Å². The number of aryl methyl sites for hydroxylation is 1. The lowest BCUT2D eigenvalue weighted by Crippen LogP contribution is -2.36. The molecule has 6 heteroatoms. The molecule has 3 rings (SSSR count). The van der Waals surface area contributed by atoms with Gasteiger partial charge in [-0.05, 0) is 18.1 Å². The first-order valence-electron chi connectivity index (χ1n) is 7.55. The van der Waals surface area contributed by atoms with E-state index in [0.717, 1.165) is 28.4 Å². The zero-order valence-electron chi connectivity index (χ0n) is 13.1. The largest absolute Gasteiger partial charge is 0.459 e. The van der Waals surface area contributed by atoms with Crippen LogP contribution in [0.4, 0.5) is 5.69 Å². The van der Waals surface area contributed by atoms with Gasteiger partial charge in [-0.1, -0.05) is 25.1 Å². The second kappa shape index (κ2) is 6.50. The number of hydrogen-bond acceptors (Lipinski definition) is 5. The predicted molar refractivity (Wildman–Crippen MR) is 88.5 cm³/mol. The summed E-state index contributed by atoms with van der Waals surface area (Å²) in [7, 11) is 1.73. The van der Waals surface area contributed by atoms with Crippen LogP contribution in [0.25, 0.3) is 0 Å². The van der Waals surface area contributed by atoms with E-state index in [1.807, 2.05) is 36.6 Å². The maximum absolute atomic E-state index is 12.4. The van der Waals surface area contributed by atoms with E-state index < -0.39 is 5.92 Å². The van der Waals surface area contributed by atoms with E-state index in [4.69, 9.17) is 4.74 Å². The first kappa shape index (κ1) is 15.7. The molecule has 2 aromatic rings. The molecule has 2 heterocycles. The third kappa shape index (κ3) is 3.12. The van der Waals surface area contributed by atoms with E-state index in [0.29, 0.717) is 0 Å². The van der Waals surface area contributed by atoms with Gasteiger partial charge in [0.25, 0.3) is 0 Å². The lowest BCUT2D eigenvalue weighted by Gasteiger charge is -2.30. The molecule has 0 spiro atoms. The summed E-state index contributed by atoms with van der Waals surface area (Å²) >= 11 is 1.56. The summed E-state index contributed by atoms with van der Waals surface area (Å²) in [5, 5.41) is 2.93. The van der Waals surface area contributed by atoms with Crippen molar-refractivity contribution in [1.29, 1.82) is 0 Å². The van der Waals surface area contributed by atoms with Gasteiger partial charge in [-0.2, -0.15) is 0 Å². The number of nitrogens with zero attached hydrogens (tertiary/aromatic N) is 2. The molecule has 120 valence electrons. The number of anilines is 1. The molecular weight excluding hydrogens is 312 g/mol. The minimum Gasteiger partial charge on any atom is -0.459 e. The van der Waals surface area contributed by atoms with Crippen LogP contribution in [-0.2, 0) is 27.4 Å². The van der Waals surface area contributed by atoms with Crippen molar-refractivity contribution < 1.29 is 14.3 Å². The Balaban J connectivity index is 1.74. The number of benzene rings is 1. The smallest absolute Gasteiger partial charge is 0.314 e. The SMILES string of the molecule is CCc1nc(COC(=O)[C@H]2CC(=O)N(C)c3ccccc32)cs1. The Labute approximate surface area is 138 Å². The minimum absolute atomic E-state index is 0.0763. The van der Waals surface area contributed by atoms with E-state index in [9.17, 15) is 9.59 Å². The molecule has 1 aliphatic heterocycles. The van der Waals surface area contributed by atoms with Crippen molar-refractivity contribution in [2.45, 2.75) is 32.3 Å². The number of rotatable bonds is 4. The summed E-state index contributed by atoms with van der Waals surface area (Å²) in [5.74, 6) is -0.989. The molecule has 0 radical (unpaired) electrons. The van der Waals surface area contributed by atoms with E-state index >= 15 is 0 Å². The maximum atomic E-state index is 12.4. The number of para-hydroxylation sites is 1. The lowest BCUT2D eigenvalue weighted by atomic mass is 9.90. The fourth-order valence-corrected chi connectivity index (χ4v) is 3.41. The highest BCUT2D eigenvalue weighted by molar-refractivity contribution is 7.09. The van der Waals surface area contributed by atoms with Crippen molar-refractivity contribution in [2.24, 2.45) is 0 Å². The quantitative estimate of drug-likeness (QED) is 0.809. The second-order valence-corrected chi connectivity index (χ2v) is 6.40. The molecular formula is C17H18N2O3S. The average Bonchev–Trinajstić information content (AvgIpc) is 3.04. The second-order valence-electron chi connectivity index (χ2n) is 5.46. The van der Waals surface area contributed by atoms with Crippen LogP contribution in [-0.4, -0.2) is 23.9 Å². The fourth-order valence-electron chi connectivity index (χ4n) is 2.68. The Bertz CT molecular complexity index is 741. The molecule has 0 saturated carbocycles. The Kier molecular flexibility index (Phi) is 4.43. The molecule has 0 saturated heterocycles. The van der Waals surface area contributed by atoms with Gasteiger partial charge >= 0.3 is 5.97 Å². The monoisotopic (exact) mass is 330 g/mol. The van der Waals surface area contributed by atoms with Crippen LogP contribution in [0.1, 0.15) is 35.5 Å². The Morgan fingerprint density at radius 1 is 1.43 bits per heavy atom. The van der Waals surface area contributed by atoms with Crippen molar-refractivity contribution in [2.75, 3.05) is 11.9 Å². The molecule has 1 amide bonds. The number of amides is 1. The van der Waals surface area contributed by atoms with E-state index in [2.05, 4.69) is 4.98 Å². The molecule has 0 N–H and O–H groups in total. The number of ether oxygens (including phenoxy) is 1. The molecule has 0 fully saturated rings. The Morgan fingerprint density at radius 2 is 2.22 bits per heavy atom. The highest BCUT2D eigenvalue weighted by Gasteiger charge is 2.34. The number of carbonyl (C=O) groups is 2. The van der Waals surface area contributed by atoms with Crippen molar-refractivity contribution >= 4 is 28.9 Å². The van der Waals surface area contributed by atoms with Crippen LogP contribution < -0.4 is 4.90 Å². The van der Waals surface area contributed by atoms with Gasteiger partial charge < -0.3 is 9.64 Å². The first-order chi connectivity index (χ1) is 11.1. The van der Waals surface area contributed by atoms with Crippen LogP contribution in [0, 0.1) is 0 Å². The van der Waals surface area contributed by atoms with Crippen molar-refractivity contribution in [1.82, 2.24) is 4.98 Å². The third-order valence-corrected chi connectivity index (χ3v) is 5.02. The van der Waals surface area contributed by atoms with Gasteiger partial charge in [0.05, 0.1) is 16.6 Å². The standard InChI is InChI=1S/C17H18N2O3S/c1-3-15-18-11(10-23-15)9-22-17(21)13-8-16(20)19(2)14-7-5-4-6-12(13)14/h4-7,10,13H,3,8-9H2,1-2H3/t13-/m0/s1. The molecule has 5 nitrogen and oxygen atoms in total. The zero-order chi connectivity index (χ0) is 16.4. The lowest BCUT2D eigenvalue weighted by molar-refractivity contribution is -0.148. The van der Waals surface area contributed by atoms with Crippen LogP contribution in [0.2, 0.25) is 0 Å². The number of aromatic nitrogens is 1. The summed E-state index contributed by atoms with van der Waals surface area (Å²) in [4.78, 5) is 30.5. The van der Waals surface area contributed by atoms with E-state index in [1.165, 1.54) is 0 Å². The van der Waals surface area contributed by atoms with Crippen LogP contribution in [0.5, 0.6) is 0 Å². The summed E-state index contributed by atoms with van der Waals surface area (Å²) in [6, 6.07) is 7.46. The van der Waals surface area contributed by atoms with Crippen LogP contribution >= 0.6 is 11.3 Å². The van der Waals surface area contributed by atoms with Gasteiger partial charge in [0.15, 0.2) is 0 Å². The number of hydrogen-bond donors (Lipinski definition) is 0. The molecule has 0 bridgehead atoms. The Hall–Kier alpha value is -2.21. The van der Waals surface area contributed by atoms with Gasteiger partial charge in [0, 0.05) is 24.5 Å². The van der Waals surface area contributed by atoms with Crippen LogP contribution in [0.3, 0.4) is 0 Å². The Morgan fingerprint density at radius 3 is 2.96 bits per heavy atom. The number of thiazole rings is 1. The van der Waals surface area contributed by atoms with Crippen molar-refractivity contribution in [3.05, 3.63) is 45.9 Å². The molecule has 1 aromatic heterocycles. The van der Waals surface area contributed by atoms with Crippen molar-refractivity contribution in [3.63, 3.8) is 0 Å². The summed E-state index contributed by atoms with van der Waals surface area (Å²) in [6.45, 7) is 2.19. The topological polar surface area (TPSA) is 59.5 Å².